The van der Waals surface area contributed by atoms with Crippen LogP contribution < -0.4 is 0 Å². The molecule has 2 unspecified atom stereocenters. The summed E-state index contributed by atoms with van der Waals surface area (Å²) in [6, 6.07) is 8.40. The lowest BCUT2D eigenvalue weighted by atomic mass is 9.90. The Morgan fingerprint density at radius 3 is 2.31 bits per heavy atom. The Kier molecular flexibility index (Phi) is 5.99. The second-order valence-electron chi connectivity index (χ2n) is 7.25. The van der Waals surface area contributed by atoms with Crippen LogP contribution in [0.2, 0.25) is 0 Å². The third kappa shape index (κ3) is 3.66. The smallest absolute Gasteiger partial charge is 0.111 e. The van der Waals surface area contributed by atoms with Gasteiger partial charge in [-0.1, -0.05) is 37.3 Å². The van der Waals surface area contributed by atoms with Gasteiger partial charge in [0, 0.05) is 19.2 Å². The summed E-state index contributed by atoms with van der Waals surface area (Å²) < 4.78 is 5.73. The summed E-state index contributed by atoms with van der Waals surface area (Å²) in [6.07, 6.45) is -0.772. The van der Waals surface area contributed by atoms with E-state index in [0.29, 0.717) is 6.42 Å². The second-order valence-corrected chi connectivity index (χ2v) is 7.25. The lowest BCUT2D eigenvalue weighted by Gasteiger charge is -2.44. The van der Waals surface area contributed by atoms with Gasteiger partial charge in [0.05, 0.1) is 12.6 Å². The van der Waals surface area contributed by atoms with Crippen LogP contribution in [-0.2, 0) is 17.6 Å². The first-order chi connectivity index (χ1) is 12.5. The van der Waals surface area contributed by atoms with E-state index < -0.39 is 37.1 Å². The maximum atomic E-state index is 10.4. The standard InChI is InChI=1S/C20H29NO5/c1-3-12-4-6-13(7-5-12)10-14-8-9-15(21(14)2)20-19(25)18(24)17(23)16(11-22)26-20/h4-8,15-20,22-25H,3,9-11H2,1-2H3/t15?,16-,17-,18?,19-,20+/m1/s1. The molecule has 6 atom stereocenters. The van der Waals surface area contributed by atoms with Crippen LogP contribution in [0.5, 0.6) is 0 Å². The van der Waals surface area contributed by atoms with E-state index >= 15 is 0 Å². The lowest BCUT2D eigenvalue weighted by Crippen LogP contribution is -2.62. The summed E-state index contributed by atoms with van der Waals surface area (Å²) in [5.74, 6) is 0. The van der Waals surface area contributed by atoms with E-state index in [2.05, 4.69) is 42.2 Å². The summed E-state index contributed by atoms with van der Waals surface area (Å²) in [6.45, 7) is 1.73. The van der Waals surface area contributed by atoms with Crippen molar-refractivity contribution in [3.63, 3.8) is 0 Å². The minimum absolute atomic E-state index is 0.147. The van der Waals surface area contributed by atoms with Crippen LogP contribution in [0.3, 0.4) is 0 Å². The van der Waals surface area contributed by atoms with Gasteiger partial charge in [-0.3, -0.25) is 0 Å². The third-order valence-electron chi connectivity index (χ3n) is 5.67. The van der Waals surface area contributed by atoms with Gasteiger partial charge in [-0.2, -0.15) is 0 Å². The molecule has 26 heavy (non-hydrogen) atoms. The molecule has 144 valence electrons. The zero-order valence-electron chi connectivity index (χ0n) is 15.3. The molecule has 1 fully saturated rings. The molecule has 2 heterocycles. The summed E-state index contributed by atoms with van der Waals surface area (Å²) in [5.41, 5.74) is 3.66. The first-order valence-electron chi connectivity index (χ1n) is 9.26. The number of rotatable bonds is 5. The maximum absolute atomic E-state index is 10.4. The molecule has 2 aliphatic rings. The molecule has 0 aliphatic carbocycles. The van der Waals surface area contributed by atoms with Crippen LogP contribution in [0, 0.1) is 0 Å². The highest BCUT2D eigenvalue weighted by atomic mass is 16.5. The number of hydrogen-bond acceptors (Lipinski definition) is 6. The normalized spacial score (nSPS) is 34.8. The van der Waals surface area contributed by atoms with Gasteiger partial charge in [0.25, 0.3) is 0 Å². The number of allylic oxidation sites excluding steroid dienone is 1. The van der Waals surface area contributed by atoms with E-state index in [-0.39, 0.29) is 6.04 Å². The lowest BCUT2D eigenvalue weighted by molar-refractivity contribution is -0.239. The highest BCUT2D eigenvalue weighted by Gasteiger charge is 2.48. The molecule has 0 saturated carbocycles. The SMILES string of the molecule is CCc1ccc(CC2=CCC([C@@H]3O[C@H](CO)[C@@H](O)C(O)[C@H]3O)N2C)cc1. The number of likely N-dealkylation sites (N-methyl/N-ethyl adjacent to an activating group) is 1. The number of aliphatic hydroxyl groups is 4. The fourth-order valence-corrected chi connectivity index (χ4v) is 3.87. The zero-order valence-corrected chi connectivity index (χ0v) is 15.3. The Morgan fingerprint density at radius 1 is 1.04 bits per heavy atom. The maximum Gasteiger partial charge on any atom is 0.111 e. The largest absolute Gasteiger partial charge is 0.394 e. The Balaban J connectivity index is 1.68. The van der Waals surface area contributed by atoms with Crippen molar-refractivity contribution in [2.75, 3.05) is 13.7 Å². The van der Waals surface area contributed by atoms with Gasteiger partial charge in [-0.15, -0.1) is 0 Å². The van der Waals surface area contributed by atoms with Gasteiger partial charge in [-0.25, -0.2) is 0 Å². The van der Waals surface area contributed by atoms with Crippen molar-refractivity contribution in [3.05, 3.63) is 47.2 Å². The van der Waals surface area contributed by atoms with Gasteiger partial charge >= 0.3 is 0 Å². The molecule has 1 aromatic carbocycles. The molecule has 4 N–H and O–H groups in total. The van der Waals surface area contributed by atoms with Crippen LogP contribution in [-0.4, -0.2) is 75.5 Å². The van der Waals surface area contributed by atoms with E-state index in [0.717, 1.165) is 18.5 Å². The average molecular weight is 363 g/mol. The number of nitrogens with zero attached hydrogens (tertiary/aromatic N) is 1. The van der Waals surface area contributed by atoms with Crippen LogP contribution in [0.4, 0.5) is 0 Å². The van der Waals surface area contributed by atoms with Crippen LogP contribution in [0.25, 0.3) is 0 Å². The number of aliphatic hydroxyl groups excluding tert-OH is 4. The van der Waals surface area contributed by atoms with E-state index in [9.17, 15) is 20.4 Å². The summed E-state index contributed by atoms with van der Waals surface area (Å²) in [4.78, 5) is 2.07. The van der Waals surface area contributed by atoms with E-state index in [4.69, 9.17) is 4.74 Å². The molecule has 3 rings (SSSR count). The zero-order chi connectivity index (χ0) is 18.8. The fourth-order valence-electron chi connectivity index (χ4n) is 3.87. The van der Waals surface area contributed by atoms with Gasteiger partial charge in [0.1, 0.15) is 30.5 Å². The molecule has 0 amide bonds. The van der Waals surface area contributed by atoms with Crippen LogP contribution >= 0.6 is 0 Å². The highest BCUT2D eigenvalue weighted by Crippen LogP contribution is 2.32. The number of hydrogen-bond donors (Lipinski definition) is 4. The van der Waals surface area contributed by atoms with Crippen molar-refractivity contribution in [3.8, 4) is 0 Å². The molecular weight excluding hydrogens is 334 g/mol. The highest BCUT2D eigenvalue weighted by molar-refractivity contribution is 5.28. The topological polar surface area (TPSA) is 93.4 Å². The van der Waals surface area contributed by atoms with Gasteiger partial charge in [-0.05, 0) is 24.0 Å². The molecule has 0 spiro atoms. The summed E-state index contributed by atoms with van der Waals surface area (Å²) >= 11 is 0. The van der Waals surface area contributed by atoms with Crippen molar-refractivity contribution in [2.24, 2.45) is 0 Å². The predicted molar refractivity (Wildman–Crippen MR) is 97.5 cm³/mol. The first-order valence-corrected chi connectivity index (χ1v) is 9.26. The number of benzene rings is 1. The van der Waals surface area contributed by atoms with Crippen LogP contribution in [0.1, 0.15) is 24.5 Å². The quantitative estimate of drug-likeness (QED) is 0.598. The predicted octanol–water partition coefficient (Wildman–Crippen LogP) is 0.222. The Morgan fingerprint density at radius 2 is 1.69 bits per heavy atom. The Hall–Kier alpha value is -1.44. The fraction of sp³-hybridized carbons (Fsp3) is 0.600. The molecule has 1 aromatic rings. The summed E-state index contributed by atoms with van der Waals surface area (Å²) in [5, 5.41) is 39.7. The molecule has 2 aliphatic heterocycles. The van der Waals surface area contributed by atoms with Gasteiger partial charge in [0.2, 0.25) is 0 Å². The minimum atomic E-state index is -1.33. The van der Waals surface area contributed by atoms with E-state index in [1.54, 1.807) is 0 Å². The molecular formula is C20H29NO5. The molecule has 0 radical (unpaired) electrons. The van der Waals surface area contributed by atoms with Crippen molar-refractivity contribution >= 4 is 0 Å². The van der Waals surface area contributed by atoms with Gasteiger partial charge in [0.15, 0.2) is 0 Å². The molecule has 6 nitrogen and oxygen atoms in total. The molecule has 6 heteroatoms. The Bertz CT molecular complexity index is 630. The number of ether oxygens (including phenoxy) is 1. The van der Waals surface area contributed by atoms with Crippen molar-refractivity contribution in [1.82, 2.24) is 4.90 Å². The van der Waals surface area contributed by atoms with Crippen LogP contribution in [0.15, 0.2) is 36.0 Å². The second kappa shape index (κ2) is 8.06. The van der Waals surface area contributed by atoms with E-state index in [1.165, 1.54) is 11.1 Å². The number of aryl methyl sites for hydroxylation is 1. The average Bonchev–Trinajstić information content (AvgIpc) is 3.01. The monoisotopic (exact) mass is 363 g/mol. The molecule has 0 aromatic heterocycles. The first kappa shape index (κ1) is 19.3. The van der Waals surface area contributed by atoms with Crippen molar-refractivity contribution in [2.45, 2.75) is 62.7 Å². The van der Waals surface area contributed by atoms with Crippen molar-refractivity contribution in [1.29, 1.82) is 0 Å². The minimum Gasteiger partial charge on any atom is -0.394 e. The molecule has 0 bridgehead atoms. The van der Waals surface area contributed by atoms with E-state index in [1.807, 2.05) is 7.05 Å². The van der Waals surface area contributed by atoms with Crippen molar-refractivity contribution < 1.29 is 25.2 Å². The third-order valence-corrected chi connectivity index (χ3v) is 5.67. The van der Waals surface area contributed by atoms with Gasteiger partial charge < -0.3 is 30.1 Å². The molecule has 1 saturated heterocycles. The Labute approximate surface area is 154 Å². The summed E-state index contributed by atoms with van der Waals surface area (Å²) in [7, 11) is 1.95.